The first-order chi connectivity index (χ1) is 7.29. The maximum Gasteiger partial charge on any atom is 0.243 e. The summed E-state index contributed by atoms with van der Waals surface area (Å²) >= 11 is 1.55. The summed E-state index contributed by atoms with van der Waals surface area (Å²) in [6.45, 7) is 3.02. The number of hydrogen-bond acceptors (Lipinski definition) is 4. The summed E-state index contributed by atoms with van der Waals surface area (Å²) in [4.78, 5) is 17.1. The van der Waals surface area contributed by atoms with Crippen molar-refractivity contribution in [2.24, 2.45) is 0 Å². The first kappa shape index (κ1) is 10.6. The number of nitrogens with one attached hydrogen (secondary N) is 2. The van der Waals surface area contributed by atoms with Gasteiger partial charge in [-0.25, -0.2) is 4.98 Å². The van der Waals surface area contributed by atoms with Crippen LogP contribution in [0.5, 0.6) is 0 Å². The fourth-order valence-corrected chi connectivity index (χ4v) is 2.38. The minimum absolute atomic E-state index is 0.0287. The molecular formula is C10H15N3OS. The standard InChI is InChI=1S/C10H15N3OS/c1-2-7-6-12-10(15-7)13-9(14)8-4-3-5-11-8/h6,8,11H,2-5H2,1H3,(H,12,13,14)/t8-/m0/s1. The van der Waals surface area contributed by atoms with Gasteiger partial charge >= 0.3 is 0 Å². The van der Waals surface area contributed by atoms with Gasteiger partial charge in [0, 0.05) is 11.1 Å². The zero-order valence-electron chi connectivity index (χ0n) is 8.75. The van der Waals surface area contributed by atoms with Crippen molar-refractivity contribution in [3.05, 3.63) is 11.1 Å². The summed E-state index contributed by atoms with van der Waals surface area (Å²) in [7, 11) is 0. The highest BCUT2D eigenvalue weighted by Crippen LogP contribution is 2.19. The highest BCUT2D eigenvalue weighted by Gasteiger charge is 2.22. The number of aromatic nitrogens is 1. The van der Waals surface area contributed by atoms with Gasteiger partial charge in [0.2, 0.25) is 5.91 Å². The number of carbonyl (C=O) groups excluding carboxylic acids is 1. The van der Waals surface area contributed by atoms with Crippen molar-refractivity contribution < 1.29 is 4.79 Å². The lowest BCUT2D eigenvalue weighted by atomic mass is 10.2. The van der Waals surface area contributed by atoms with E-state index in [0.717, 1.165) is 25.8 Å². The van der Waals surface area contributed by atoms with Gasteiger partial charge in [0.15, 0.2) is 5.13 Å². The number of carbonyl (C=O) groups is 1. The molecule has 1 fully saturated rings. The second-order valence-electron chi connectivity index (χ2n) is 3.62. The van der Waals surface area contributed by atoms with Gasteiger partial charge in [-0.3, -0.25) is 4.79 Å². The summed E-state index contributed by atoms with van der Waals surface area (Å²) in [6.07, 6.45) is 4.80. The lowest BCUT2D eigenvalue weighted by Crippen LogP contribution is -2.35. The summed E-state index contributed by atoms with van der Waals surface area (Å²) in [5.74, 6) is 0.0458. The topological polar surface area (TPSA) is 54.0 Å². The number of aryl methyl sites for hydroxylation is 1. The normalized spacial score (nSPS) is 20.5. The number of rotatable bonds is 3. The van der Waals surface area contributed by atoms with Crippen LogP contribution in [0.4, 0.5) is 5.13 Å². The third-order valence-corrected chi connectivity index (χ3v) is 3.57. The van der Waals surface area contributed by atoms with Crippen molar-refractivity contribution in [2.75, 3.05) is 11.9 Å². The Hall–Kier alpha value is -0.940. The van der Waals surface area contributed by atoms with E-state index in [4.69, 9.17) is 0 Å². The lowest BCUT2D eigenvalue weighted by molar-refractivity contribution is -0.117. The predicted molar refractivity (Wildman–Crippen MR) is 61.1 cm³/mol. The Morgan fingerprint density at radius 2 is 2.67 bits per heavy atom. The van der Waals surface area contributed by atoms with E-state index in [0.29, 0.717) is 5.13 Å². The number of anilines is 1. The van der Waals surface area contributed by atoms with Gasteiger partial charge in [0.1, 0.15) is 0 Å². The molecule has 1 aromatic rings. The molecule has 2 N–H and O–H groups in total. The Balaban J connectivity index is 1.92. The van der Waals surface area contributed by atoms with Crippen LogP contribution in [0.1, 0.15) is 24.6 Å². The van der Waals surface area contributed by atoms with Gasteiger partial charge in [-0.15, -0.1) is 11.3 Å². The summed E-state index contributed by atoms with van der Waals surface area (Å²) in [5, 5.41) is 6.72. The van der Waals surface area contributed by atoms with Gasteiger partial charge in [0.05, 0.1) is 6.04 Å². The average molecular weight is 225 g/mol. The van der Waals surface area contributed by atoms with E-state index in [1.54, 1.807) is 11.3 Å². The number of thiazole rings is 1. The molecule has 5 heteroatoms. The van der Waals surface area contributed by atoms with Gasteiger partial charge < -0.3 is 10.6 Å². The van der Waals surface area contributed by atoms with Crippen molar-refractivity contribution in [1.29, 1.82) is 0 Å². The van der Waals surface area contributed by atoms with Gasteiger partial charge in [0.25, 0.3) is 0 Å². The van der Waals surface area contributed by atoms with Crippen LogP contribution in [-0.2, 0) is 11.2 Å². The molecule has 4 nitrogen and oxygen atoms in total. The van der Waals surface area contributed by atoms with Crippen LogP contribution in [-0.4, -0.2) is 23.5 Å². The van der Waals surface area contributed by atoms with E-state index in [1.807, 2.05) is 6.20 Å². The highest BCUT2D eigenvalue weighted by molar-refractivity contribution is 7.15. The average Bonchev–Trinajstić information content (AvgIpc) is 2.87. The SMILES string of the molecule is CCc1cnc(NC(=O)[C@@H]2CCCN2)s1. The molecule has 1 amide bonds. The molecule has 0 unspecified atom stereocenters. The molecule has 0 radical (unpaired) electrons. The predicted octanol–water partition coefficient (Wildman–Crippen LogP) is 1.40. The molecule has 1 saturated heterocycles. The molecule has 0 aromatic carbocycles. The van der Waals surface area contributed by atoms with Crippen molar-refractivity contribution in [3.63, 3.8) is 0 Å². The molecule has 2 heterocycles. The molecule has 0 bridgehead atoms. The second-order valence-corrected chi connectivity index (χ2v) is 4.74. The van der Waals surface area contributed by atoms with Gasteiger partial charge in [-0.1, -0.05) is 6.92 Å². The van der Waals surface area contributed by atoms with Crippen molar-refractivity contribution >= 4 is 22.4 Å². The Morgan fingerprint density at radius 3 is 3.27 bits per heavy atom. The lowest BCUT2D eigenvalue weighted by Gasteiger charge is -2.08. The molecule has 1 atom stereocenters. The van der Waals surface area contributed by atoms with E-state index in [9.17, 15) is 4.79 Å². The fourth-order valence-electron chi connectivity index (χ4n) is 1.63. The van der Waals surface area contributed by atoms with E-state index >= 15 is 0 Å². The second kappa shape index (κ2) is 4.72. The van der Waals surface area contributed by atoms with Crippen molar-refractivity contribution in [1.82, 2.24) is 10.3 Å². The number of nitrogens with zero attached hydrogens (tertiary/aromatic N) is 1. The summed E-state index contributed by atoms with van der Waals surface area (Å²) < 4.78 is 0. The first-order valence-electron chi connectivity index (χ1n) is 5.28. The Labute approximate surface area is 93.1 Å². The van der Waals surface area contributed by atoms with Gasteiger partial charge in [-0.2, -0.15) is 0 Å². The van der Waals surface area contributed by atoms with E-state index < -0.39 is 0 Å². The molecule has 1 aliphatic rings. The molecule has 1 aliphatic heterocycles. The van der Waals surface area contributed by atoms with Crippen LogP contribution < -0.4 is 10.6 Å². The van der Waals surface area contributed by atoms with Crippen LogP contribution in [0, 0.1) is 0 Å². The summed E-state index contributed by atoms with van der Waals surface area (Å²) in [5.41, 5.74) is 0. The van der Waals surface area contributed by atoms with Crippen LogP contribution in [0.25, 0.3) is 0 Å². The maximum absolute atomic E-state index is 11.7. The molecule has 15 heavy (non-hydrogen) atoms. The summed E-state index contributed by atoms with van der Waals surface area (Å²) in [6, 6.07) is -0.0287. The Bertz CT molecular complexity index is 344. The van der Waals surface area contributed by atoms with Crippen LogP contribution >= 0.6 is 11.3 Å². The van der Waals surface area contributed by atoms with E-state index in [1.165, 1.54) is 4.88 Å². The third-order valence-electron chi connectivity index (χ3n) is 2.51. The molecule has 1 aromatic heterocycles. The molecule has 0 spiro atoms. The molecule has 82 valence electrons. The fraction of sp³-hybridized carbons (Fsp3) is 0.600. The van der Waals surface area contributed by atoms with Crippen LogP contribution in [0.2, 0.25) is 0 Å². The molecule has 2 rings (SSSR count). The minimum Gasteiger partial charge on any atom is -0.306 e. The molecule has 0 saturated carbocycles. The zero-order chi connectivity index (χ0) is 10.7. The third kappa shape index (κ3) is 2.54. The van der Waals surface area contributed by atoms with Gasteiger partial charge in [-0.05, 0) is 25.8 Å². The van der Waals surface area contributed by atoms with Crippen molar-refractivity contribution in [2.45, 2.75) is 32.2 Å². The van der Waals surface area contributed by atoms with E-state index in [2.05, 4.69) is 22.5 Å². The van der Waals surface area contributed by atoms with Crippen LogP contribution in [0.3, 0.4) is 0 Å². The largest absolute Gasteiger partial charge is 0.306 e. The maximum atomic E-state index is 11.7. The van der Waals surface area contributed by atoms with E-state index in [-0.39, 0.29) is 11.9 Å². The quantitative estimate of drug-likeness (QED) is 0.817. The monoisotopic (exact) mass is 225 g/mol. The highest BCUT2D eigenvalue weighted by atomic mass is 32.1. The van der Waals surface area contributed by atoms with Crippen molar-refractivity contribution in [3.8, 4) is 0 Å². The zero-order valence-corrected chi connectivity index (χ0v) is 9.56. The van der Waals surface area contributed by atoms with Crippen LogP contribution in [0.15, 0.2) is 6.20 Å². The number of amides is 1. The number of hydrogen-bond donors (Lipinski definition) is 2. The first-order valence-corrected chi connectivity index (χ1v) is 6.10. The smallest absolute Gasteiger partial charge is 0.243 e. The Morgan fingerprint density at radius 1 is 1.80 bits per heavy atom. The molecule has 0 aliphatic carbocycles. The Kier molecular flexibility index (Phi) is 3.33. The molecular weight excluding hydrogens is 210 g/mol. The minimum atomic E-state index is -0.0287.